The fraction of sp³-hybridized carbons (Fsp3) is 0.571. The van der Waals surface area contributed by atoms with Crippen LogP contribution < -0.4 is 4.90 Å². The summed E-state index contributed by atoms with van der Waals surface area (Å²) >= 11 is 7.62. The third kappa shape index (κ3) is 4.41. The predicted molar refractivity (Wildman–Crippen MR) is 92.9 cm³/mol. The van der Waals surface area contributed by atoms with Crippen LogP contribution in [0.1, 0.15) is 26.7 Å². The molecule has 0 radical (unpaired) electrons. The number of hydrogen-bond donors (Lipinski definition) is 1. The minimum atomic E-state index is 0.245. The first-order valence-electron chi connectivity index (χ1n) is 7.13. The Hall–Kier alpha value is -1.18. The molecule has 22 heavy (non-hydrogen) atoms. The molecule has 2 aromatic rings. The van der Waals surface area contributed by atoms with E-state index in [4.69, 9.17) is 16.7 Å². The normalized spacial score (nSPS) is 10.3. The summed E-state index contributed by atoms with van der Waals surface area (Å²) < 4.78 is 0. The van der Waals surface area contributed by atoms with Crippen LogP contribution >= 0.6 is 23.4 Å². The van der Waals surface area contributed by atoms with E-state index in [0.717, 1.165) is 54.9 Å². The molecule has 8 heteroatoms. The zero-order valence-corrected chi connectivity index (χ0v) is 14.9. The van der Waals surface area contributed by atoms with Crippen molar-refractivity contribution < 1.29 is 5.11 Å². The Balaban J connectivity index is 0.00000116. The fourth-order valence-electron chi connectivity index (χ4n) is 2.12. The molecule has 0 aliphatic carbocycles. The van der Waals surface area contributed by atoms with E-state index in [9.17, 15) is 0 Å². The van der Waals surface area contributed by atoms with Gasteiger partial charge < -0.3 is 10.0 Å². The minimum absolute atomic E-state index is 0.245. The van der Waals surface area contributed by atoms with E-state index in [-0.39, 0.29) is 5.28 Å². The Morgan fingerprint density at radius 1 is 1.09 bits per heavy atom. The number of halogens is 1. The van der Waals surface area contributed by atoms with E-state index >= 15 is 0 Å². The zero-order chi connectivity index (χ0) is 16.5. The molecule has 0 aliphatic rings. The van der Waals surface area contributed by atoms with Crippen LogP contribution in [0.4, 0.5) is 5.82 Å². The Labute approximate surface area is 140 Å². The highest BCUT2D eigenvalue weighted by Gasteiger charge is 2.16. The zero-order valence-electron chi connectivity index (χ0n) is 13.4. The number of rotatable bonds is 6. The van der Waals surface area contributed by atoms with Gasteiger partial charge in [0.1, 0.15) is 22.4 Å². The molecule has 2 aromatic heterocycles. The summed E-state index contributed by atoms with van der Waals surface area (Å²) in [5.41, 5.74) is 1.50. The molecule has 2 rings (SSSR count). The van der Waals surface area contributed by atoms with Gasteiger partial charge in [-0.05, 0) is 30.7 Å². The second-order valence-electron chi connectivity index (χ2n) is 4.38. The number of aliphatic hydroxyl groups excluding tert-OH is 1. The average Bonchev–Trinajstić information content (AvgIpc) is 2.55. The van der Waals surface area contributed by atoms with E-state index in [2.05, 4.69) is 38.7 Å². The molecule has 0 fully saturated rings. The number of anilines is 1. The van der Waals surface area contributed by atoms with Gasteiger partial charge in [-0.2, -0.15) is 4.98 Å². The summed E-state index contributed by atoms with van der Waals surface area (Å²) in [4.78, 5) is 19.5. The van der Waals surface area contributed by atoms with Gasteiger partial charge in [-0.3, -0.25) is 0 Å². The van der Waals surface area contributed by atoms with Crippen molar-refractivity contribution in [3.63, 3.8) is 0 Å². The van der Waals surface area contributed by atoms with Crippen LogP contribution in [0.25, 0.3) is 11.0 Å². The van der Waals surface area contributed by atoms with Gasteiger partial charge in [-0.25, -0.2) is 15.0 Å². The maximum Gasteiger partial charge on any atom is 0.225 e. The van der Waals surface area contributed by atoms with Gasteiger partial charge in [-0.1, -0.05) is 13.8 Å². The molecule has 0 spiro atoms. The number of aliphatic hydroxyl groups is 1. The molecule has 0 bridgehead atoms. The quantitative estimate of drug-likeness (QED) is 0.490. The van der Waals surface area contributed by atoms with Crippen molar-refractivity contribution in [2.75, 3.05) is 31.4 Å². The molecule has 2 heterocycles. The molecule has 0 atom stereocenters. The van der Waals surface area contributed by atoms with E-state index < -0.39 is 0 Å². The SMILES string of the molecule is CCCN(CCC)c1nc(Cl)nc2c(SC)ncnc12.CO. The van der Waals surface area contributed by atoms with Crippen LogP contribution in [0.15, 0.2) is 11.4 Å². The molecule has 0 unspecified atom stereocenters. The summed E-state index contributed by atoms with van der Waals surface area (Å²) in [6.07, 6.45) is 5.62. The summed E-state index contributed by atoms with van der Waals surface area (Å²) in [5, 5.41) is 8.07. The molecule has 1 N–H and O–H groups in total. The lowest BCUT2D eigenvalue weighted by molar-refractivity contribution is 0.399. The highest BCUT2D eigenvalue weighted by molar-refractivity contribution is 7.98. The van der Waals surface area contributed by atoms with Crippen LogP contribution in [-0.4, -0.2) is 51.5 Å². The molecule has 0 aliphatic heterocycles. The van der Waals surface area contributed by atoms with Gasteiger partial charge in [0.05, 0.1) is 0 Å². The van der Waals surface area contributed by atoms with Gasteiger partial charge in [0.2, 0.25) is 5.28 Å². The molecule has 122 valence electrons. The average molecular weight is 344 g/mol. The van der Waals surface area contributed by atoms with Gasteiger partial charge in [0.25, 0.3) is 0 Å². The maximum absolute atomic E-state index is 7.00. The molecule has 0 aromatic carbocycles. The first-order chi connectivity index (χ1) is 10.7. The number of nitrogens with zero attached hydrogens (tertiary/aromatic N) is 5. The minimum Gasteiger partial charge on any atom is -0.400 e. The van der Waals surface area contributed by atoms with Gasteiger partial charge in [-0.15, -0.1) is 11.8 Å². The fourth-order valence-corrected chi connectivity index (χ4v) is 2.77. The predicted octanol–water partition coefficient (Wildman–Crippen LogP) is 3.03. The summed E-state index contributed by atoms with van der Waals surface area (Å²) in [6.45, 7) is 6.15. The van der Waals surface area contributed by atoms with Crippen LogP contribution in [0.3, 0.4) is 0 Å². The lowest BCUT2D eigenvalue weighted by atomic mass is 10.3. The Kier molecular flexibility index (Phi) is 8.37. The van der Waals surface area contributed by atoms with Gasteiger partial charge in [0.15, 0.2) is 5.82 Å². The number of thioether (sulfide) groups is 1. The number of fused-ring (bicyclic) bond motifs is 1. The lowest BCUT2D eigenvalue weighted by Crippen LogP contribution is -2.26. The molecule has 0 saturated heterocycles. The van der Waals surface area contributed by atoms with Crippen molar-refractivity contribution in [1.82, 2.24) is 19.9 Å². The largest absolute Gasteiger partial charge is 0.400 e. The first-order valence-corrected chi connectivity index (χ1v) is 8.73. The lowest BCUT2D eigenvalue weighted by Gasteiger charge is -2.23. The molecule has 0 saturated carbocycles. The smallest absolute Gasteiger partial charge is 0.225 e. The Morgan fingerprint density at radius 2 is 1.73 bits per heavy atom. The second-order valence-corrected chi connectivity index (χ2v) is 5.52. The Morgan fingerprint density at radius 3 is 2.27 bits per heavy atom. The van der Waals surface area contributed by atoms with Gasteiger partial charge in [0, 0.05) is 20.2 Å². The van der Waals surface area contributed by atoms with Crippen molar-refractivity contribution in [3.8, 4) is 0 Å². The highest BCUT2D eigenvalue weighted by atomic mass is 35.5. The third-order valence-corrected chi connectivity index (χ3v) is 3.74. The number of hydrogen-bond acceptors (Lipinski definition) is 7. The van der Waals surface area contributed by atoms with Crippen LogP contribution in [0.5, 0.6) is 0 Å². The molecule has 6 nitrogen and oxygen atoms in total. The molecular formula is C14H22ClN5OS. The summed E-state index contributed by atoms with van der Waals surface area (Å²) in [5.74, 6) is 0.807. The van der Waals surface area contributed by atoms with Crippen LogP contribution in [0.2, 0.25) is 5.28 Å². The van der Waals surface area contributed by atoms with E-state index in [1.807, 2.05) is 6.26 Å². The van der Waals surface area contributed by atoms with Crippen molar-refractivity contribution in [1.29, 1.82) is 0 Å². The monoisotopic (exact) mass is 343 g/mol. The van der Waals surface area contributed by atoms with E-state index in [0.29, 0.717) is 0 Å². The van der Waals surface area contributed by atoms with Crippen LogP contribution in [0, 0.1) is 0 Å². The second kappa shape index (κ2) is 9.76. The summed E-state index contributed by atoms with van der Waals surface area (Å²) in [6, 6.07) is 0. The number of aromatic nitrogens is 4. The van der Waals surface area contributed by atoms with Crippen LogP contribution in [-0.2, 0) is 0 Å². The molecular weight excluding hydrogens is 322 g/mol. The van der Waals surface area contributed by atoms with Crippen molar-refractivity contribution in [3.05, 3.63) is 11.6 Å². The third-order valence-electron chi connectivity index (χ3n) is 2.88. The maximum atomic E-state index is 7.00. The van der Waals surface area contributed by atoms with Crippen molar-refractivity contribution >= 4 is 40.2 Å². The van der Waals surface area contributed by atoms with Crippen molar-refractivity contribution in [2.24, 2.45) is 0 Å². The first kappa shape index (κ1) is 18.9. The van der Waals surface area contributed by atoms with Crippen molar-refractivity contribution in [2.45, 2.75) is 31.7 Å². The van der Waals surface area contributed by atoms with E-state index in [1.165, 1.54) is 11.8 Å². The highest BCUT2D eigenvalue weighted by Crippen LogP contribution is 2.28. The van der Waals surface area contributed by atoms with E-state index in [1.54, 1.807) is 6.33 Å². The standard InChI is InChI=1S/C13H18ClN5S.CH4O/c1-4-6-19(7-5-2)11-9-10(17-13(14)18-11)12(20-3)16-8-15-9;1-2/h8H,4-7H2,1-3H3;2H,1H3. The molecule has 0 amide bonds. The Bertz CT molecular complexity index is 593. The summed E-state index contributed by atoms with van der Waals surface area (Å²) in [7, 11) is 1.00. The topological polar surface area (TPSA) is 75.0 Å². The van der Waals surface area contributed by atoms with Gasteiger partial charge >= 0.3 is 0 Å².